The Hall–Kier alpha value is -4.68. The summed E-state index contributed by atoms with van der Waals surface area (Å²) in [5.41, 5.74) is 10.4. The molecule has 0 amide bonds. The predicted molar refractivity (Wildman–Crippen MR) is 154 cm³/mol. The molecule has 0 unspecified atom stereocenters. The maximum atomic E-state index is 2.35. The maximum Gasteiger partial charge on any atom is 0.0638 e. The van der Waals surface area contributed by atoms with Crippen LogP contribution in [0.4, 0.5) is 0 Å². The second-order valence-corrected chi connectivity index (χ2v) is 9.69. The van der Waals surface area contributed by atoms with Gasteiger partial charge in [0.1, 0.15) is 0 Å². The van der Waals surface area contributed by atoms with Gasteiger partial charge in [0, 0.05) is 11.8 Å². The molecule has 0 saturated carbocycles. The summed E-state index contributed by atoms with van der Waals surface area (Å²) in [6.07, 6.45) is 1.05. The molecule has 0 saturated heterocycles. The summed E-state index contributed by atoms with van der Waals surface area (Å²) >= 11 is 0. The third kappa shape index (κ3) is 3.70. The molecular weight excluding hydrogens is 444 g/mol. The third-order valence-corrected chi connectivity index (χ3v) is 7.50. The van der Waals surface area contributed by atoms with Crippen molar-refractivity contribution in [2.24, 2.45) is 0 Å². The lowest BCUT2D eigenvalue weighted by Crippen LogP contribution is -2.14. The summed E-state index contributed by atoms with van der Waals surface area (Å²) in [7, 11) is 0. The molecule has 172 valence electrons. The minimum atomic E-state index is 1.05. The lowest BCUT2D eigenvalue weighted by molar-refractivity contribution is 1.13. The average Bonchev–Trinajstić information content (AvgIpc) is 2.96. The lowest BCUT2D eigenvalue weighted by Gasteiger charge is -2.26. The summed E-state index contributed by atoms with van der Waals surface area (Å²) < 4.78 is 0. The van der Waals surface area contributed by atoms with E-state index >= 15 is 0 Å². The van der Waals surface area contributed by atoms with Gasteiger partial charge in [-0.25, -0.2) is 0 Å². The van der Waals surface area contributed by atoms with Gasteiger partial charge in [-0.15, -0.1) is 0 Å². The predicted octanol–water partition coefficient (Wildman–Crippen LogP) is 8.78. The number of benzene rings is 6. The number of rotatable bonds is 6. The molecule has 7 rings (SSSR count). The summed E-state index contributed by atoms with van der Waals surface area (Å²) in [6.45, 7) is 0. The SMILES string of the molecule is c1ccc([C+](c2ccccc2)c2ccc3c4c(ccc([C+](c5ccccc5)c5ccccc5)c24)C3)cc1. The lowest BCUT2D eigenvalue weighted by atomic mass is 9.72. The van der Waals surface area contributed by atoms with Gasteiger partial charge in [-0.3, -0.25) is 0 Å². The average molecular weight is 471 g/mol. The van der Waals surface area contributed by atoms with Crippen LogP contribution >= 0.6 is 0 Å². The Morgan fingerprint density at radius 2 is 0.649 bits per heavy atom. The molecule has 1 aliphatic rings. The van der Waals surface area contributed by atoms with Gasteiger partial charge in [0.05, 0.1) is 50.6 Å². The minimum absolute atomic E-state index is 1.05. The first-order chi connectivity index (χ1) is 18.4. The summed E-state index contributed by atoms with van der Waals surface area (Å²) in [5.74, 6) is 2.55. The minimum Gasteiger partial charge on any atom is -0.0511 e. The van der Waals surface area contributed by atoms with E-state index in [1.807, 2.05) is 0 Å². The highest BCUT2D eigenvalue weighted by Gasteiger charge is 2.34. The van der Waals surface area contributed by atoms with Crippen molar-refractivity contribution in [1.29, 1.82) is 0 Å². The molecule has 0 N–H and O–H groups in total. The molecule has 37 heavy (non-hydrogen) atoms. The van der Waals surface area contributed by atoms with E-state index in [4.69, 9.17) is 0 Å². The Morgan fingerprint density at radius 1 is 0.324 bits per heavy atom. The van der Waals surface area contributed by atoms with Gasteiger partial charge < -0.3 is 0 Å². The molecule has 6 aromatic carbocycles. The molecule has 0 nitrogen and oxygen atoms in total. The van der Waals surface area contributed by atoms with Crippen LogP contribution in [0.25, 0.3) is 10.8 Å². The molecular formula is C37H26+2. The Kier molecular flexibility index (Phi) is 5.30. The maximum absolute atomic E-state index is 2.35. The van der Waals surface area contributed by atoms with Gasteiger partial charge in [-0.2, -0.15) is 0 Å². The topological polar surface area (TPSA) is 0 Å². The van der Waals surface area contributed by atoms with E-state index in [1.165, 1.54) is 67.1 Å². The van der Waals surface area contributed by atoms with E-state index in [0.717, 1.165) is 6.42 Å². The highest BCUT2D eigenvalue weighted by atomic mass is 14.3. The highest BCUT2D eigenvalue weighted by molar-refractivity contribution is 6.02. The van der Waals surface area contributed by atoms with E-state index in [-0.39, 0.29) is 0 Å². The van der Waals surface area contributed by atoms with Gasteiger partial charge in [0.2, 0.25) is 0 Å². The molecule has 0 aromatic heterocycles. The van der Waals surface area contributed by atoms with Crippen LogP contribution < -0.4 is 0 Å². The molecule has 0 bridgehead atoms. The third-order valence-electron chi connectivity index (χ3n) is 7.50. The first-order valence-corrected chi connectivity index (χ1v) is 12.9. The fraction of sp³-hybridized carbons (Fsp3) is 0.0270. The Labute approximate surface area is 218 Å². The fourth-order valence-corrected chi connectivity index (χ4v) is 5.83. The van der Waals surface area contributed by atoms with Crippen molar-refractivity contribution >= 4 is 10.8 Å². The van der Waals surface area contributed by atoms with E-state index in [1.54, 1.807) is 0 Å². The zero-order chi connectivity index (χ0) is 24.6. The molecule has 0 radical (unpaired) electrons. The Balaban J connectivity index is 1.55. The molecule has 0 atom stereocenters. The monoisotopic (exact) mass is 470 g/mol. The standard InChI is InChI=1S/C37H26/c1-5-13-26(14-6-1)34(27-15-7-2-8-16-27)32-23-21-30-25-31-22-24-33(37(32)36(30)31)35(28-17-9-3-10-18-28)29-19-11-4-12-20-29/h1-24H,25H2/q+2. The van der Waals surface area contributed by atoms with E-state index < -0.39 is 0 Å². The van der Waals surface area contributed by atoms with Crippen LogP contribution in [0.1, 0.15) is 44.5 Å². The van der Waals surface area contributed by atoms with Crippen LogP contribution in [-0.2, 0) is 6.42 Å². The van der Waals surface area contributed by atoms with E-state index in [2.05, 4.69) is 146 Å². The normalized spacial score (nSPS) is 11.7. The number of hydrogen-bond donors (Lipinski definition) is 0. The van der Waals surface area contributed by atoms with Crippen molar-refractivity contribution in [3.63, 3.8) is 0 Å². The second-order valence-electron chi connectivity index (χ2n) is 9.69. The van der Waals surface area contributed by atoms with Crippen LogP contribution in [0.5, 0.6) is 0 Å². The van der Waals surface area contributed by atoms with Crippen molar-refractivity contribution < 1.29 is 0 Å². The summed E-state index contributed by atoms with van der Waals surface area (Å²) in [6, 6.07) is 52.7. The van der Waals surface area contributed by atoms with Gasteiger partial charge >= 0.3 is 0 Å². The van der Waals surface area contributed by atoms with Crippen molar-refractivity contribution in [3.05, 3.63) is 202 Å². The Bertz CT molecular complexity index is 1460. The largest absolute Gasteiger partial charge is 0.0638 e. The van der Waals surface area contributed by atoms with E-state index in [0.29, 0.717) is 0 Å². The first kappa shape index (κ1) is 21.6. The smallest absolute Gasteiger partial charge is 0.0511 e. The van der Waals surface area contributed by atoms with Crippen LogP contribution in [0.2, 0.25) is 0 Å². The van der Waals surface area contributed by atoms with Crippen LogP contribution in [0.3, 0.4) is 0 Å². The van der Waals surface area contributed by atoms with Crippen molar-refractivity contribution in [3.8, 4) is 0 Å². The second kappa shape index (κ2) is 9.08. The fourth-order valence-electron chi connectivity index (χ4n) is 5.83. The highest BCUT2D eigenvalue weighted by Crippen LogP contribution is 2.46. The molecule has 0 aliphatic heterocycles. The van der Waals surface area contributed by atoms with Crippen molar-refractivity contribution in [1.82, 2.24) is 0 Å². The molecule has 0 spiro atoms. The zero-order valence-electron chi connectivity index (χ0n) is 20.6. The molecule has 0 fully saturated rings. The first-order valence-electron chi connectivity index (χ1n) is 12.9. The molecule has 0 heteroatoms. The summed E-state index contributed by atoms with van der Waals surface area (Å²) in [4.78, 5) is 0. The van der Waals surface area contributed by atoms with Crippen LogP contribution in [-0.4, -0.2) is 0 Å². The number of hydrogen-bond acceptors (Lipinski definition) is 0. The quantitative estimate of drug-likeness (QED) is 0.168. The van der Waals surface area contributed by atoms with E-state index in [9.17, 15) is 0 Å². The molecule has 0 heterocycles. The van der Waals surface area contributed by atoms with Gasteiger partial charge in [0.15, 0.2) is 0 Å². The van der Waals surface area contributed by atoms with Crippen molar-refractivity contribution in [2.75, 3.05) is 0 Å². The summed E-state index contributed by atoms with van der Waals surface area (Å²) in [5, 5.41) is 2.77. The van der Waals surface area contributed by atoms with Crippen molar-refractivity contribution in [2.45, 2.75) is 6.42 Å². The molecule has 6 aromatic rings. The van der Waals surface area contributed by atoms with Gasteiger partial charge in [-0.05, 0) is 132 Å². The van der Waals surface area contributed by atoms with Crippen LogP contribution in [0.15, 0.2) is 146 Å². The zero-order valence-corrected chi connectivity index (χ0v) is 20.6. The Morgan fingerprint density at radius 3 is 0.973 bits per heavy atom. The van der Waals surface area contributed by atoms with Gasteiger partial charge in [0.25, 0.3) is 0 Å². The van der Waals surface area contributed by atoms with Gasteiger partial charge in [-0.1, -0.05) is 24.3 Å². The van der Waals surface area contributed by atoms with Crippen LogP contribution in [0, 0.1) is 11.8 Å². The molecule has 1 aliphatic carbocycles.